The molecule has 0 bridgehead atoms. The van der Waals surface area contributed by atoms with Gasteiger partial charge in [-0.2, -0.15) is 5.10 Å². The van der Waals surface area contributed by atoms with Crippen LogP contribution >= 0.6 is 11.6 Å². The number of halogens is 2. The van der Waals surface area contributed by atoms with Crippen LogP contribution < -0.4 is 0 Å². The maximum Gasteiger partial charge on any atom is 0.255 e. The summed E-state index contributed by atoms with van der Waals surface area (Å²) in [5.41, 5.74) is 2.79. The van der Waals surface area contributed by atoms with E-state index in [1.807, 2.05) is 25.3 Å². The van der Waals surface area contributed by atoms with Crippen LogP contribution in [0.25, 0.3) is 5.69 Å². The molecule has 8 heteroatoms. The molecule has 0 radical (unpaired) electrons. The van der Waals surface area contributed by atoms with Crippen LogP contribution in [0.15, 0.2) is 54.9 Å². The van der Waals surface area contributed by atoms with Gasteiger partial charge in [-0.15, -0.1) is 0 Å². The minimum Gasteiger partial charge on any atom is -0.335 e. The number of hydrogen-bond donors (Lipinski definition) is 0. The molecule has 0 spiro atoms. The number of hydrogen-bond acceptors (Lipinski definition) is 3. The summed E-state index contributed by atoms with van der Waals surface area (Å²) in [7, 11) is 0. The Labute approximate surface area is 178 Å². The van der Waals surface area contributed by atoms with Gasteiger partial charge in [0.2, 0.25) is 0 Å². The normalized spacial score (nSPS) is 14.1. The number of carbonyl (C=O) groups excluding carboxylic acids is 2. The van der Waals surface area contributed by atoms with E-state index in [-0.39, 0.29) is 22.4 Å². The van der Waals surface area contributed by atoms with E-state index in [1.165, 1.54) is 12.1 Å². The minimum atomic E-state index is -0.485. The fourth-order valence-corrected chi connectivity index (χ4v) is 3.69. The summed E-state index contributed by atoms with van der Waals surface area (Å²) < 4.78 is 15.0. The van der Waals surface area contributed by atoms with Crippen LogP contribution in [-0.2, 0) is 0 Å². The maximum absolute atomic E-state index is 13.2. The molecule has 1 aliphatic rings. The third-order valence-electron chi connectivity index (χ3n) is 5.11. The van der Waals surface area contributed by atoms with Gasteiger partial charge in [-0.25, -0.2) is 9.07 Å². The first kappa shape index (κ1) is 20.1. The van der Waals surface area contributed by atoms with Gasteiger partial charge in [0, 0.05) is 37.9 Å². The summed E-state index contributed by atoms with van der Waals surface area (Å²) >= 11 is 6.00. The van der Waals surface area contributed by atoms with E-state index in [1.54, 1.807) is 32.8 Å². The fourth-order valence-electron chi connectivity index (χ4n) is 3.44. The second-order valence-corrected chi connectivity index (χ2v) is 7.62. The highest BCUT2D eigenvalue weighted by Gasteiger charge is 2.26. The van der Waals surface area contributed by atoms with Gasteiger partial charge in [0.05, 0.1) is 22.5 Å². The van der Waals surface area contributed by atoms with Crippen molar-refractivity contribution in [2.24, 2.45) is 0 Å². The Balaban J connectivity index is 1.39. The van der Waals surface area contributed by atoms with Crippen LogP contribution in [0, 0.1) is 12.7 Å². The lowest BCUT2D eigenvalue weighted by atomic mass is 10.1. The lowest BCUT2D eigenvalue weighted by Crippen LogP contribution is -2.50. The molecule has 0 aliphatic carbocycles. The van der Waals surface area contributed by atoms with E-state index in [0.29, 0.717) is 31.7 Å². The molecule has 1 saturated heterocycles. The molecular weight excluding hydrogens is 407 g/mol. The van der Waals surface area contributed by atoms with Crippen molar-refractivity contribution in [3.8, 4) is 5.69 Å². The molecular formula is C22H20ClFN4O2. The van der Waals surface area contributed by atoms with Crippen LogP contribution in [0.3, 0.4) is 0 Å². The lowest BCUT2D eigenvalue weighted by Gasteiger charge is -2.35. The zero-order valence-corrected chi connectivity index (χ0v) is 17.1. The molecule has 6 nitrogen and oxygen atoms in total. The summed E-state index contributed by atoms with van der Waals surface area (Å²) in [6.45, 7) is 3.59. The Hall–Kier alpha value is -3.19. The van der Waals surface area contributed by atoms with Gasteiger partial charge in [-0.3, -0.25) is 9.59 Å². The molecule has 0 atom stereocenters. The molecule has 0 saturated carbocycles. The van der Waals surface area contributed by atoms with Crippen LogP contribution in [0.5, 0.6) is 0 Å². The van der Waals surface area contributed by atoms with Crippen LogP contribution in [-0.4, -0.2) is 57.6 Å². The van der Waals surface area contributed by atoms with Crippen LogP contribution in [0.1, 0.15) is 26.3 Å². The van der Waals surface area contributed by atoms with Crippen molar-refractivity contribution in [3.63, 3.8) is 0 Å². The number of amides is 2. The number of rotatable bonds is 3. The molecule has 2 heterocycles. The Kier molecular flexibility index (Phi) is 5.55. The summed E-state index contributed by atoms with van der Waals surface area (Å²) in [4.78, 5) is 28.8. The maximum atomic E-state index is 13.2. The molecule has 0 N–H and O–H groups in total. The van der Waals surface area contributed by atoms with E-state index >= 15 is 0 Å². The highest BCUT2D eigenvalue weighted by molar-refractivity contribution is 6.33. The number of aromatic nitrogens is 2. The highest BCUT2D eigenvalue weighted by Crippen LogP contribution is 2.20. The average Bonchev–Trinajstić information content (AvgIpc) is 3.19. The predicted octanol–water partition coefficient (Wildman–Crippen LogP) is 3.57. The Morgan fingerprint density at radius 3 is 2.17 bits per heavy atom. The molecule has 0 unspecified atom stereocenters. The average molecular weight is 427 g/mol. The standard InChI is InChI=1S/C22H20ClFN4O2/c1-15-13-25-28(14-15)18-5-2-16(3-6-18)21(29)26-8-10-27(11-9-26)22(30)19-7-4-17(24)12-20(19)23/h2-7,12-14H,8-11H2,1H3. The van der Waals surface area contributed by atoms with Crippen molar-refractivity contribution < 1.29 is 14.0 Å². The van der Waals surface area contributed by atoms with Crippen molar-refractivity contribution in [1.29, 1.82) is 0 Å². The van der Waals surface area contributed by atoms with Crippen LogP contribution in [0.4, 0.5) is 4.39 Å². The minimum absolute atomic E-state index is 0.0786. The first-order chi connectivity index (χ1) is 14.4. The second-order valence-electron chi connectivity index (χ2n) is 7.22. The molecule has 2 aromatic carbocycles. The first-order valence-corrected chi connectivity index (χ1v) is 9.95. The van der Waals surface area contributed by atoms with Crippen molar-refractivity contribution in [2.45, 2.75) is 6.92 Å². The molecule has 1 fully saturated rings. The van der Waals surface area contributed by atoms with Gasteiger partial charge in [0.25, 0.3) is 11.8 Å². The van der Waals surface area contributed by atoms with Crippen molar-refractivity contribution >= 4 is 23.4 Å². The second kappa shape index (κ2) is 8.28. The molecule has 154 valence electrons. The SMILES string of the molecule is Cc1cnn(-c2ccc(C(=O)N3CCN(C(=O)c4ccc(F)cc4Cl)CC3)cc2)c1. The monoisotopic (exact) mass is 426 g/mol. The van der Waals surface area contributed by atoms with Gasteiger partial charge in [0.15, 0.2) is 0 Å². The molecule has 30 heavy (non-hydrogen) atoms. The van der Waals surface area contributed by atoms with Gasteiger partial charge >= 0.3 is 0 Å². The van der Waals surface area contributed by atoms with Gasteiger partial charge in [0.1, 0.15) is 5.82 Å². The van der Waals surface area contributed by atoms with Gasteiger partial charge in [-0.1, -0.05) is 11.6 Å². The highest BCUT2D eigenvalue weighted by atomic mass is 35.5. The number of carbonyl (C=O) groups is 2. The van der Waals surface area contributed by atoms with Crippen molar-refractivity contribution in [1.82, 2.24) is 19.6 Å². The summed E-state index contributed by atoms with van der Waals surface area (Å²) in [5, 5.41) is 4.35. The van der Waals surface area contributed by atoms with E-state index in [2.05, 4.69) is 5.10 Å². The van der Waals surface area contributed by atoms with Crippen LogP contribution in [0.2, 0.25) is 5.02 Å². The summed E-state index contributed by atoms with van der Waals surface area (Å²) in [6, 6.07) is 11.0. The third kappa shape index (κ3) is 4.07. The van der Waals surface area contributed by atoms with E-state index in [9.17, 15) is 14.0 Å². The number of piperazine rings is 1. The van der Waals surface area contributed by atoms with E-state index in [0.717, 1.165) is 17.3 Å². The van der Waals surface area contributed by atoms with Gasteiger partial charge < -0.3 is 9.80 Å². The zero-order chi connectivity index (χ0) is 21.3. The lowest BCUT2D eigenvalue weighted by molar-refractivity contribution is 0.0535. The first-order valence-electron chi connectivity index (χ1n) is 9.58. The Morgan fingerprint density at radius 1 is 0.967 bits per heavy atom. The van der Waals surface area contributed by atoms with Crippen molar-refractivity contribution in [2.75, 3.05) is 26.2 Å². The fraction of sp³-hybridized carbons (Fsp3) is 0.227. The van der Waals surface area contributed by atoms with E-state index in [4.69, 9.17) is 11.6 Å². The molecule has 3 aromatic rings. The summed E-state index contributed by atoms with van der Waals surface area (Å²) in [5.74, 6) is -0.822. The molecule has 4 rings (SSSR count). The molecule has 1 aromatic heterocycles. The molecule has 2 amide bonds. The van der Waals surface area contributed by atoms with Crippen molar-refractivity contribution in [3.05, 3.63) is 82.4 Å². The largest absolute Gasteiger partial charge is 0.335 e. The number of aryl methyl sites for hydroxylation is 1. The quantitative estimate of drug-likeness (QED) is 0.643. The van der Waals surface area contributed by atoms with Gasteiger partial charge in [-0.05, 0) is 55.0 Å². The predicted molar refractivity (Wildman–Crippen MR) is 112 cm³/mol. The van der Waals surface area contributed by atoms with E-state index < -0.39 is 5.82 Å². The molecule has 1 aliphatic heterocycles. The Bertz CT molecular complexity index is 1090. The summed E-state index contributed by atoms with van der Waals surface area (Å²) in [6.07, 6.45) is 3.69. The smallest absolute Gasteiger partial charge is 0.255 e. The zero-order valence-electron chi connectivity index (χ0n) is 16.4. The number of benzene rings is 2. The third-order valence-corrected chi connectivity index (χ3v) is 5.42. The Morgan fingerprint density at radius 2 is 1.60 bits per heavy atom. The number of nitrogens with zero attached hydrogens (tertiary/aromatic N) is 4. The topological polar surface area (TPSA) is 58.4 Å².